The van der Waals surface area contributed by atoms with Gasteiger partial charge in [-0.1, -0.05) is 75.7 Å². The molecular formula is C29H29N3. The third-order valence-electron chi connectivity index (χ3n) is 5.91. The van der Waals surface area contributed by atoms with Gasteiger partial charge in [-0.25, -0.2) is 4.68 Å². The molecule has 3 heteroatoms. The highest BCUT2D eigenvalue weighted by molar-refractivity contribution is 5.78. The summed E-state index contributed by atoms with van der Waals surface area (Å²) in [6.45, 7) is 11.2. The lowest BCUT2D eigenvalue weighted by atomic mass is 9.83. The Morgan fingerprint density at radius 1 is 0.812 bits per heavy atom. The Labute approximate surface area is 191 Å². The smallest absolute Gasteiger partial charge is 0.0992 e. The molecule has 0 unspecified atom stereocenters. The van der Waals surface area contributed by atoms with Crippen molar-refractivity contribution in [3.63, 3.8) is 0 Å². The fourth-order valence-electron chi connectivity index (χ4n) is 4.23. The van der Waals surface area contributed by atoms with Crippen LogP contribution in [0.3, 0.4) is 0 Å². The second-order valence-electron chi connectivity index (χ2n) is 9.04. The standard InChI is InChI=1S/C29H29N3/c1-19(2)27-14-24(23-10-6-8-21(5)12-23)15-28(20(3)4)29(27)25-17-31-32(18-25)26-11-7-9-22(13-26)16-30/h6-15,17-20H,1-5H3. The van der Waals surface area contributed by atoms with Gasteiger partial charge in [0, 0.05) is 11.8 Å². The van der Waals surface area contributed by atoms with Crippen LogP contribution in [0.4, 0.5) is 0 Å². The molecule has 0 amide bonds. The van der Waals surface area contributed by atoms with Crippen LogP contribution in [-0.2, 0) is 0 Å². The summed E-state index contributed by atoms with van der Waals surface area (Å²) >= 11 is 0. The summed E-state index contributed by atoms with van der Waals surface area (Å²) in [5.41, 5.74) is 10.4. The van der Waals surface area contributed by atoms with Crippen LogP contribution < -0.4 is 0 Å². The van der Waals surface area contributed by atoms with E-state index < -0.39 is 0 Å². The molecular weight excluding hydrogens is 390 g/mol. The number of aryl methyl sites for hydroxylation is 1. The van der Waals surface area contributed by atoms with Crippen LogP contribution in [0.15, 0.2) is 73.1 Å². The SMILES string of the molecule is Cc1cccc(-c2cc(C(C)C)c(-c3cnn(-c4cccc(C#N)c4)c3)c(C(C)C)c2)c1. The summed E-state index contributed by atoms with van der Waals surface area (Å²) in [6.07, 6.45) is 4.02. The van der Waals surface area contributed by atoms with Gasteiger partial charge in [0.2, 0.25) is 0 Å². The first-order valence-corrected chi connectivity index (χ1v) is 11.2. The molecule has 160 valence electrons. The third kappa shape index (κ3) is 4.22. The molecule has 0 spiro atoms. The van der Waals surface area contributed by atoms with E-state index >= 15 is 0 Å². The Morgan fingerprint density at radius 3 is 2.12 bits per heavy atom. The van der Waals surface area contributed by atoms with E-state index in [9.17, 15) is 5.26 Å². The Kier molecular flexibility index (Phi) is 5.97. The number of nitriles is 1. The Hall–Kier alpha value is -3.64. The van der Waals surface area contributed by atoms with Crippen LogP contribution in [0, 0.1) is 18.3 Å². The molecule has 0 aliphatic heterocycles. The second-order valence-corrected chi connectivity index (χ2v) is 9.04. The summed E-state index contributed by atoms with van der Waals surface area (Å²) in [5.74, 6) is 0.745. The van der Waals surface area contributed by atoms with Gasteiger partial charge in [-0.15, -0.1) is 0 Å². The molecule has 1 heterocycles. The highest BCUT2D eigenvalue weighted by Crippen LogP contribution is 2.39. The molecule has 0 saturated heterocycles. The molecule has 0 radical (unpaired) electrons. The van der Waals surface area contributed by atoms with Crippen LogP contribution in [-0.4, -0.2) is 9.78 Å². The fourth-order valence-corrected chi connectivity index (χ4v) is 4.23. The molecule has 0 N–H and O–H groups in total. The summed E-state index contributed by atoms with van der Waals surface area (Å²) in [7, 11) is 0. The molecule has 0 aliphatic carbocycles. The molecule has 1 aromatic heterocycles. The summed E-state index contributed by atoms with van der Waals surface area (Å²) < 4.78 is 1.86. The van der Waals surface area contributed by atoms with Gasteiger partial charge in [0.1, 0.15) is 0 Å². The van der Waals surface area contributed by atoms with E-state index in [4.69, 9.17) is 0 Å². The lowest BCUT2D eigenvalue weighted by Gasteiger charge is -2.21. The average molecular weight is 420 g/mol. The van der Waals surface area contributed by atoms with Gasteiger partial charge in [0.05, 0.1) is 23.5 Å². The van der Waals surface area contributed by atoms with Crippen molar-refractivity contribution in [3.8, 4) is 34.0 Å². The molecule has 0 bridgehead atoms. The van der Waals surface area contributed by atoms with Crippen LogP contribution in [0.1, 0.15) is 61.8 Å². The molecule has 3 nitrogen and oxygen atoms in total. The first-order valence-electron chi connectivity index (χ1n) is 11.2. The Morgan fingerprint density at radius 2 is 1.50 bits per heavy atom. The summed E-state index contributed by atoms with van der Waals surface area (Å²) in [6, 6.07) is 23.1. The zero-order chi connectivity index (χ0) is 22.8. The monoisotopic (exact) mass is 419 g/mol. The number of rotatable bonds is 5. The molecule has 32 heavy (non-hydrogen) atoms. The van der Waals surface area contributed by atoms with Crippen molar-refractivity contribution in [3.05, 3.63) is 95.3 Å². The second kappa shape index (κ2) is 8.85. The predicted octanol–water partition coefficient (Wildman–Crippen LogP) is 7.63. The predicted molar refractivity (Wildman–Crippen MR) is 132 cm³/mol. The normalized spacial score (nSPS) is 11.2. The van der Waals surface area contributed by atoms with Crippen LogP contribution in [0.5, 0.6) is 0 Å². The number of aromatic nitrogens is 2. The van der Waals surface area contributed by atoms with E-state index in [1.54, 1.807) is 0 Å². The van der Waals surface area contributed by atoms with E-state index in [0.717, 1.165) is 11.3 Å². The third-order valence-corrected chi connectivity index (χ3v) is 5.91. The average Bonchev–Trinajstić information content (AvgIpc) is 3.28. The maximum atomic E-state index is 9.24. The number of hydrogen-bond acceptors (Lipinski definition) is 2. The first kappa shape index (κ1) is 21.6. The minimum Gasteiger partial charge on any atom is -0.240 e. The maximum absolute atomic E-state index is 9.24. The highest BCUT2D eigenvalue weighted by Gasteiger charge is 2.19. The van der Waals surface area contributed by atoms with Gasteiger partial charge in [0.25, 0.3) is 0 Å². The van der Waals surface area contributed by atoms with Gasteiger partial charge in [-0.05, 0) is 64.8 Å². The molecule has 0 fully saturated rings. The number of hydrogen-bond donors (Lipinski definition) is 0. The lowest BCUT2D eigenvalue weighted by Crippen LogP contribution is -2.01. The zero-order valence-electron chi connectivity index (χ0n) is 19.4. The van der Waals surface area contributed by atoms with E-state index in [1.165, 1.54) is 33.4 Å². The van der Waals surface area contributed by atoms with Crippen LogP contribution >= 0.6 is 0 Å². The summed E-state index contributed by atoms with van der Waals surface area (Å²) in [5, 5.41) is 13.9. The van der Waals surface area contributed by atoms with Gasteiger partial charge in [0.15, 0.2) is 0 Å². The molecule has 0 saturated carbocycles. The summed E-state index contributed by atoms with van der Waals surface area (Å²) in [4.78, 5) is 0. The maximum Gasteiger partial charge on any atom is 0.0992 e. The van der Waals surface area contributed by atoms with E-state index in [1.807, 2.05) is 35.1 Å². The Bertz CT molecular complexity index is 1270. The van der Waals surface area contributed by atoms with Crippen molar-refractivity contribution in [1.82, 2.24) is 9.78 Å². The quantitative estimate of drug-likeness (QED) is 0.333. The van der Waals surface area contributed by atoms with Crippen molar-refractivity contribution >= 4 is 0 Å². The number of benzene rings is 3. The van der Waals surface area contributed by atoms with Crippen molar-refractivity contribution in [2.75, 3.05) is 0 Å². The van der Waals surface area contributed by atoms with Gasteiger partial charge in [-0.3, -0.25) is 0 Å². The molecule has 4 aromatic rings. The van der Waals surface area contributed by atoms with Crippen molar-refractivity contribution in [1.29, 1.82) is 5.26 Å². The number of nitrogens with zero attached hydrogens (tertiary/aromatic N) is 3. The zero-order valence-corrected chi connectivity index (χ0v) is 19.4. The largest absolute Gasteiger partial charge is 0.240 e. The van der Waals surface area contributed by atoms with Gasteiger partial charge in [-0.2, -0.15) is 10.4 Å². The lowest BCUT2D eigenvalue weighted by molar-refractivity contribution is 0.838. The highest BCUT2D eigenvalue weighted by atomic mass is 15.3. The van der Waals surface area contributed by atoms with Crippen LogP contribution in [0.25, 0.3) is 27.9 Å². The topological polar surface area (TPSA) is 41.6 Å². The van der Waals surface area contributed by atoms with E-state index in [-0.39, 0.29) is 0 Å². The van der Waals surface area contributed by atoms with Crippen molar-refractivity contribution in [2.45, 2.75) is 46.5 Å². The van der Waals surface area contributed by atoms with Crippen LogP contribution in [0.2, 0.25) is 0 Å². The Balaban J connectivity index is 1.89. The van der Waals surface area contributed by atoms with Crippen molar-refractivity contribution in [2.24, 2.45) is 0 Å². The van der Waals surface area contributed by atoms with Crippen molar-refractivity contribution < 1.29 is 0 Å². The fraction of sp³-hybridized carbons (Fsp3) is 0.241. The van der Waals surface area contributed by atoms with Gasteiger partial charge >= 0.3 is 0 Å². The molecule has 3 aromatic carbocycles. The van der Waals surface area contributed by atoms with Gasteiger partial charge < -0.3 is 0 Å². The minimum absolute atomic E-state index is 0.373. The molecule has 4 rings (SSSR count). The van der Waals surface area contributed by atoms with E-state index in [2.05, 4.69) is 88.4 Å². The molecule has 0 atom stereocenters. The first-order chi connectivity index (χ1) is 15.4. The molecule has 0 aliphatic rings. The van der Waals surface area contributed by atoms with E-state index in [0.29, 0.717) is 17.4 Å². The minimum atomic E-state index is 0.373.